The first-order chi connectivity index (χ1) is 17.0. The maximum absolute atomic E-state index is 12.9. The monoisotopic (exact) mass is 518 g/mol. The highest BCUT2D eigenvalue weighted by atomic mass is 32.2. The number of anilines is 2. The van der Waals surface area contributed by atoms with Gasteiger partial charge in [0, 0.05) is 6.07 Å². The Kier molecular flexibility index (Phi) is 8.20. The molecule has 0 saturated heterocycles. The molecule has 190 valence electrons. The van der Waals surface area contributed by atoms with E-state index in [9.17, 15) is 27.3 Å². The molecular formula is C24H24F2N4O5S. The number of hydrazone groups is 1. The Labute approximate surface area is 207 Å². The van der Waals surface area contributed by atoms with E-state index in [1.165, 1.54) is 36.4 Å². The fourth-order valence-corrected chi connectivity index (χ4v) is 4.51. The first-order valence-corrected chi connectivity index (χ1v) is 12.2. The molecular weight excluding hydrogens is 494 g/mol. The van der Waals surface area contributed by atoms with Crippen LogP contribution in [0.1, 0.15) is 30.0 Å². The minimum absolute atomic E-state index is 0.0148. The summed E-state index contributed by atoms with van der Waals surface area (Å²) in [7, 11) is -4.10. The number of halogens is 2. The van der Waals surface area contributed by atoms with Crippen molar-refractivity contribution in [3.63, 3.8) is 0 Å². The van der Waals surface area contributed by atoms with Crippen LogP contribution in [0.5, 0.6) is 5.75 Å². The van der Waals surface area contributed by atoms with E-state index in [0.717, 1.165) is 11.6 Å². The maximum atomic E-state index is 12.9. The van der Waals surface area contributed by atoms with E-state index in [-0.39, 0.29) is 16.3 Å². The number of sulfonamides is 1. The third-order valence-corrected chi connectivity index (χ3v) is 6.52. The zero-order valence-corrected chi connectivity index (χ0v) is 20.5. The largest absolute Gasteiger partial charge is 0.435 e. The molecule has 3 aromatic rings. The number of hydrogen-bond donors (Lipinski definition) is 2. The predicted molar refractivity (Wildman–Crippen MR) is 133 cm³/mol. The van der Waals surface area contributed by atoms with Crippen LogP contribution in [0, 0.1) is 24.0 Å². The van der Waals surface area contributed by atoms with Crippen LogP contribution in [-0.4, -0.2) is 25.7 Å². The Morgan fingerprint density at radius 2 is 1.72 bits per heavy atom. The molecule has 0 radical (unpaired) electrons. The van der Waals surface area contributed by atoms with Crippen molar-refractivity contribution < 1.29 is 26.9 Å². The van der Waals surface area contributed by atoms with E-state index in [2.05, 4.69) is 20.0 Å². The quantitative estimate of drug-likeness (QED) is 0.197. The Morgan fingerprint density at radius 3 is 2.31 bits per heavy atom. The van der Waals surface area contributed by atoms with E-state index < -0.39 is 27.2 Å². The van der Waals surface area contributed by atoms with Gasteiger partial charge in [-0.1, -0.05) is 24.6 Å². The Balaban J connectivity index is 1.86. The van der Waals surface area contributed by atoms with Crippen molar-refractivity contribution in [1.29, 1.82) is 0 Å². The predicted octanol–water partition coefficient (Wildman–Crippen LogP) is 5.84. The average Bonchev–Trinajstić information content (AvgIpc) is 2.81. The summed E-state index contributed by atoms with van der Waals surface area (Å²) in [6.07, 6.45) is 0.419. The molecule has 3 rings (SSSR count). The van der Waals surface area contributed by atoms with Crippen molar-refractivity contribution in [2.75, 3.05) is 10.1 Å². The fraction of sp³-hybridized carbons (Fsp3) is 0.208. The molecule has 0 fully saturated rings. The van der Waals surface area contributed by atoms with Gasteiger partial charge < -0.3 is 4.74 Å². The lowest BCUT2D eigenvalue weighted by Gasteiger charge is -2.12. The summed E-state index contributed by atoms with van der Waals surface area (Å²) < 4.78 is 57.2. The lowest BCUT2D eigenvalue weighted by Crippen LogP contribution is -2.14. The molecule has 0 saturated carbocycles. The van der Waals surface area contributed by atoms with Gasteiger partial charge in [0.05, 0.1) is 21.2 Å². The molecule has 0 unspecified atom stereocenters. The van der Waals surface area contributed by atoms with Crippen LogP contribution in [-0.2, 0) is 10.0 Å². The third-order valence-electron chi connectivity index (χ3n) is 5.16. The second kappa shape index (κ2) is 11.1. The second-order valence-corrected chi connectivity index (χ2v) is 9.47. The van der Waals surface area contributed by atoms with Crippen molar-refractivity contribution in [2.24, 2.45) is 5.10 Å². The van der Waals surface area contributed by atoms with Gasteiger partial charge in [0.25, 0.3) is 15.7 Å². The highest BCUT2D eigenvalue weighted by Gasteiger charge is 2.22. The smallest absolute Gasteiger partial charge is 0.387 e. The van der Waals surface area contributed by atoms with Gasteiger partial charge in [-0.15, -0.1) is 0 Å². The molecule has 0 heterocycles. The zero-order valence-electron chi connectivity index (χ0n) is 19.7. The highest BCUT2D eigenvalue weighted by Crippen LogP contribution is 2.29. The summed E-state index contributed by atoms with van der Waals surface area (Å²) >= 11 is 0. The number of benzene rings is 3. The van der Waals surface area contributed by atoms with Gasteiger partial charge in [-0.3, -0.25) is 20.3 Å². The summed E-state index contributed by atoms with van der Waals surface area (Å²) in [6, 6.07) is 14.4. The van der Waals surface area contributed by atoms with Crippen LogP contribution in [0.15, 0.2) is 70.7 Å². The molecule has 36 heavy (non-hydrogen) atoms. The van der Waals surface area contributed by atoms with E-state index in [4.69, 9.17) is 0 Å². The average molecular weight is 519 g/mol. The van der Waals surface area contributed by atoms with Crippen molar-refractivity contribution in [3.8, 4) is 5.75 Å². The first-order valence-electron chi connectivity index (χ1n) is 10.8. The summed E-state index contributed by atoms with van der Waals surface area (Å²) in [5.74, 6) is -0.0148. The van der Waals surface area contributed by atoms with Gasteiger partial charge in [-0.2, -0.15) is 13.9 Å². The van der Waals surface area contributed by atoms with Crippen LogP contribution < -0.4 is 14.9 Å². The number of hydrogen-bond acceptors (Lipinski definition) is 7. The topological polar surface area (TPSA) is 123 Å². The number of ether oxygens (including phenoxy) is 1. The van der Waals surface area contributed by atoms with Crippen LogP contribution in [0.25, 0.3) is 0 Å². The lowest BCUT2D eigenvalue weighted by molar-refractivity contribution is -0.384. The molecule has 9 nitrogen and oxygen atoms in total. The zero-order chi connectivity index (χ0) is 26.5. The van der Waals surface area contributed by atoms with Crippen molar-refractivity contribution in [3.05, 3.63) is 87.5 Å². The van der Waals surface area contributed by atoms with Crippen molar-refractivity contribution in [2.45, 2.75) is 38.7 Å². The molecule has 0 aromatic heterocycles. The third kappa shape index (κ3) is 6.54. The van der Waals surface area contributed by atoms with E-state index in [1.807, 2.05) is 13.0 Å². The number of nitrogens with one attached hydrogen (secondary N) is 2. The Hall–Kier alpha value is -4.06. The molecule has 0 aliphatic carbocycles. The van der Waals surface area contributed by atoms with Gasteiger partial charge in [-0.05, 0) is 73.9 Å². The SMILES string of the molecule is CC/C(=N/Nc1ccc(S(=O)(=O)Nc2ccc(C)cc2C)cc1[N+](=O)[O-])c1ccc(OC(F)F)cc1. The molecule has 0 aliphatic rings. The minimum Gasteiger partial charge on any atom is -0.435 e. The van der Waals surface area contributed by atoms with Gasteiger partial charge in [0.2, 0.25) is 0 Å². The second-order valence-electron chi connectivity index (χ2n) is 7.79. The van der Waals surface area contributed by atoms with E-state index >= 15 is 0 Å². The van der Waals surface area contributed by atoms with Crippen LogP contribution in [0.2, 0.25) is 0 Å². The number of nitro groups is 1. The first kappa shape index (κ1) is 26.5. The van der Waals surface area contributed by atoms with Gasteiger partial charge >= 0.3 is 6.61 Å². The summed E-state index contributed by atoms with van der Waals surface area (Å²) in [6.45, 7) is 2.49. The van der Waals surface area contributed by atoms with Gasteiger partial charge in [0.1, 0.15) is 11.4 Å². The molecule has 0 bridgehead atoms. The molecule has 0 atom stereocenters. The summed E-state index contributed by atoms with van der Waals surface area (Å²) in [5, 5.41) is 15.9. The Bertz CT molecular complexity index is 1390. The molecule has 0 spiro atoms. The van der Waals surface area contributed by atoms with Crippen LogP contribution >= 0.6 is 0 Å². The molecule has 12 heteroatoms. The molecule has 0 amide bonds. The van der Waals surface area contributed by atoms with Gasteiger partial charge in [0.15, 0.2) is 0 Å². The number of nitrogens with zero attached hydrogens (tertiary/aromatic N) is 2. The number of alkyl halides is 2. The lowest BCUT2D eigenvalue weighted by atomic mass is 10.1. The number of aryl methyl sites for hydroxylation is 2. The van der Waals surface area contributed by atoms with E-state index in [1.54, 1.807) is 26.0 Å². The minimum atomic E-state index is -4.10. The van der Waals surface area contributed by atoms with Crippen LogP contribution in [0.4, 0.5) is 25.8 Å². The number of rotatable bonds is 10. The maximum Gasteiger partial charge on any atom is 0.387 e. The molecule has 2 N–H and O–H groups in total. The van der Waals surface area contributed by atoms with E-state index in [0.29, 0.717) is 28.9 Å². The summed E-state index contributed by atoms with van der Waals surface area (Å²) in [4.78, 5) is 10.7. The molecule has 3 aromatic carbocycles. The van der Waals surface area contributed by atoms with Gasteiger partial charge in [-0.25, -0.2) is 8.42 Å². The normalized spacial score (nSPS) is 11.9. The Morgan fingerprint density at radius 1 is 1.06 bits per heavy atom. The number of nitro benzene ring substituents is 1. The van der Waals surface area contributed by atoms with Crippen molar-refractivity contribution in [1.82, 2.24) is 0 Å². The summed E-state index contributed by atoms with van der Waals surface area (Å²) in [5.41, 5.74) is 5.23. The highest BCUT2D eigenvalue weighted by molar-refractivity contribution is 7.92. The van der Waals surface area contributed by atoms with Crippen LogP contribution in [0.3, 0.4) is 0 Å². The fourth-order valence-electron chi connectivity index (χ4n) is 3.36. The standard InChI is InChI=1S/C24H24F2N4O5S/c1-4-20(17-6-8-18(9-7-17)35-24(25)26)27-28-22-12-10-19(14-23(22)30(31)32)36(33,34)29-21-11-5-15(2)13-16(21)3/h5-14,24,28-29H,4H2,1-3H3/b27-20-. The van der Waals surface area contributed by atoms with Crippen molar-refractivity contribution >= 4 is 32.8 Å². The molecule has 0 aliphatic heterocycles.